The number of benzene rings is 4. The molecule has 0 bridgehead atoms. The summed E-state index contributed by atoms with van der Waals surface area (Å²) >= 11 is 0. The Kier molecular flexibility index (Phi) is 12.1. The van der Waals surface area contributed by atoms with Crippen molar-refractivity contribution in [2.24, 2.45) is 0 Å². The van der Waals surface area contributed by atoms with E-state index < -0.39 is 23.5 Å². The smallest absolute Gasteiger partial charge is 0.337 e. The number of hydrogen-bond donors (Lipinski definition) is 1. The third-order valence-corrected chi connectivity index (χ3v) is 10.7. The molecule has 4 aromatic carbocycles. The SMILES string of the molecule is CCn1c(-c2c(C)cc(C)cc2C)nc(-c2ccncc2)c1-c1ccc(C(F)(F)F)cc1.Cc1cc(C)c(-c2nc(-c3ccc(C(F)(F)F)cc3)c(-c3ccncc3)[nH]2)c(C)c1. The first-order valence-electron chi connectivity index (χ1n) is 20.0. The number of aryl methyl sites for hydroxylation is 6. The maximum absolute atomic E-state index is 13.1. The summed E-state index contributed by atoms with van der Waals surface area (Å²) in [5.74, 6) is 1.50. The molecule has 4 heterocycles. The highest BCUT2D eigenvalue weighted by molar-refractivity contribution is 5.84. The van der Waals surface area contributed by atoms with Gasteiger partial charge in [0.25, 0.3) is 0 Å². The van der Waals surface area contributed by atoms with Crippen LogP contribution in [0.4, 0.5) is 26.3 Å². The van der Waals surface area contributed by atoms with E-state index >= 15 is 0 Å². The summed E-state index contributed by atoms with van der Waals surface area (Å²) in [6.07, 6.45) is -2.01. The van der Waals surface area contributed by atoms with Gasteiger partial charge in [0, 0.05) is 64.7 Å². The summed E-state index contributed by atoms with van der Waals surface area (Å²) < 4.78 is 80.4. The van der Waals surface area contributed by atoms with Crippen LogP contribution in [0.15, 0.2) is 122 Å². The molecule has 0 saturated carbocycles. The zero-order valence-corrected chi connectivity index (χ0v) is 35.3. The van der Waals surface area contributed by atoms with Crippen LogP contribution in [0, 0.1) is 41.5 Å². The van der Waals surface area contributed by atoms with Gasteiger partial charge in [-0.2, -0.15) is 26.3 Å². The van der Waals surface area contributed by atoms with Gasteiger partial charge in [0.2, 0.25) is 0 Å². The molecule has 4 aromatic heterocycles. The highest BCUT2D eigenvalue weighted by Crippen LogP contribution is 2.40. The quantitative estimate of drug-likeness (QED) is 0.162. The Morgan fingerprint density at radius 2 is 0.919 bits per heavy atom. The lowest BCUT2D eigenvalue weighted by atomic mass is 9.99. The van der Waals surface area contributed by atoms with E-state index in [1.54, 1.807) is 24.8 Å². The average molecular weight is 843 g/mol. The molecule has 0 unspecified atom stereocenters. The summed E-state index contributed by atoms with van der Waals surface area (Å²) in [5.41, 5.74) is 13.3. The van der Waals surface area contributed by atoms with E-state index in [0.29, 0.717) is 29.2 Å². The molecule has 0 atom stereocenters. The van der Waals surface area contributed by atoms with E-state index in [9.17, 15) is 26.3 Å². The second-order valence-corrected chi connectivity index (χ2v) is 15.4. The fourth-order valence-electron chi connectivity index (χ4n) is 8.10. The Morgan fingerprint density at radius 3 is 1.37 bits per heavy atom. The lowest BCUT2D eigenvalue weighted by Crippen LogP contribution is -2.05. The number of nitrogens with one attached hydrogen (secondary N) is 1. The molecule has 0 radical (unpaired) electrons. The van der Waals surface area contributed by atoms with Gasteiger partial charge in [-0.25, -0.2) is 9.97 Å². The molecule has 316 valence electrons. The van der Waals surface area contributed by atoms with Gasteiger partial charge in [-0.3, -0.25) is 9.97 Å². The molecule has 1 N–H and O–H groups in total. The minimum atomic E-state index is -4.38. The van der Waals surface area contributed by atoms with Crippen molar-refractivity contribution in [3.63, 3.8) is 0 Å². The normalized spacial score (nSPS) is 11.7. The predicted octanol–water partition coefficient (Wildman–Crippen LogP) is 14.0. The van der Waals surface area contributed by atoms with Gasteiger partial charge in [0.05, 0.1) is 33.9 Å². The number of nitrogens with zero attached hydrogens (tertiary/aromatic N) is 5. The van der Waals surface area contributed by atoms with Gasteiger partial charge >= 0.3 is 12.4 Å². The molecular formula is C50H44F6N6. The van der Waals surface area contributed by atoms with Gasteiger partial charge in [-0.05, 0) is 119 Å². The number of alkyl halides is 6. The molecule has 0 amide bonds. The molecule has 12 heteroatoms. The highest BCUT2D eigenvalue weighted by Gasteiger charge is 2.32. The molecule has 8 rings (SSSR count). The number of hydrogen-bond acceptors (Lipinski definition) is 4. The summed E-state index contributed by atoms with van der Waals surface area (Å²) in [6, 6.07) is 26.3. The molecule has 62 heavy (non-hydrogen) atoms. The number of aromatic amines is 1. The first-order valence-corrected chi connectivity index (χ1v) is 20.0. The maximum Gasteiger partial charge on any atom is 0.416 e. The zero-order chi connectivity index (χ0) is 44.5. The van der Waals surface area contributed by atoms with E-state index in [4.69, 9.17) is 9.97 Å². The summed E-state index contributed by atoms with van der Waals surface area (Å²) in [4.78, 5) is 21.4. The van der Waals surface area contributed by atoms with Gasteiger partial charge < -0.3 is 9.55 Å². The van der Waals surface area contributed by atoms with E-state index in [-0.39, 0.29) is 0 Å². The minimum absolute atomic E-state index is 0.601. The van der Waals surface area contributed by atoms with Crippen LogP contribution in [-0.2, 0) is 18.9 Å². The number of halogens is 6. The van der Waals surface area contributed by atoms with Gasteiger partial charge in [0.15, 0.2) is 0 Å². The molecule has 0 aliphatic carbocycles. The Bertz CT molecular complexity index is 2790. The van der Waals surface area contributed by atoms with Crippen LogP contribution < -0.4 is 0 Å². The Labute approximate surface area is 356 Å². The summed E-state index contributed by atoms with van der Waals surface area (Å²) in [6.45, 7) is 14.9. The van der Waals surface area contributed by atoms with Crippen LogP contribution in [0.25, 0.3) is 67.8 Å². The zero-order valence-electron chi connectivity index (χ0n) is 35.3. The fourth-order valence-corrected chi connectivity index (χ4v) is 8.10. The summed E-state index contributed by atoms with van der Waals surface area (Å²) in [7, 11) is 0. The standard InChI is InChI=1S/C26H24F3N3.C24H20F3N3/c1-5-32-24(20-6-8-21(9-7-20)26(27,28)29)23(19-10-12-30-13-11-19)31-25(32)22-17(3)14-16(2)15-18(22)4;1-14-12-15(2)20(16(3)13-14)23-29-21(22(30-23)18-8-10-28-11-9-18)17-4-6-19(7-5-17)24(25,26)27/h6-15H,5H2,1-4H3;4-13H,1-3H3,(H,29,30). The van der Waals surface area contributed by atoms with Crippen LogP contribution in [0.5, 0.6) is 0 Å². The van der Waals surface area contributed by atoms with Crippen molar-refractivity contribution in [3.05, 3.63) is 166 Å². The van der Waals surface area contributed by atoms with Crippen molar-refractivity contribution in [3.8, 4) is 67.8 Å². The molecule has 0 saturated heterocycles. The Morgan fingerprint density at radius 1 is 0.500 bits per heavy atom. The van der Waals surface area contributed by atoms with Gasteiger partial charge in [0.1, 0.15) is 11.6 Å². The third kappa shape index (κ3) is 8.95. The predicted molar refractivity (Wildman–Crippen MR) is 233 cm³/mol. The average Bonchev–Trinajstić information content (AvgIpc) is 3.83. The molecule has 0 spiro atoms. The van der Waals surface area contributed by atoms with E-state index in [2.05, 4.69) is 64.6 Å². The van der Waals surface area contributed by atoms with Crippen molar-refractivity contribution < 1.29 is 26.3 Å². The molecule has 6 nitrogen and oxygen atoms in total. The molecular weight excluding hydrogens is 799 g/mol. The monoisotopic (exact) mass is 842 g/mol. The molecule has 0 aliphatic heterocycles. The molecule has 0 fully saturated rings. The van der Waals surface area contributed by atoms with Gasteiger partial charge in [-0.1, -0.05) is 59.7 Å². The Hall–Kier alpha value is -6.82. The number of imidazole rings is 2. The lowest BCUT2D eigenvalue weighted by molar-refractivity contribution is -0.138. The van der Waals surface area contributed by atoms with Crippen molar-refractivity contribution in [1.82, 2.24) is 29.5 Å². The largest absolute Gasteiger partial charge is 0.416 e. The minimum Gasteiger partial charge on any atom is -0.337 e. The maximum atomic E-state index is 13.1. The van der Waals surface area contributed by atoms with E-state index in [1.807, 2.05) is 52.0 Å². The van der Waals surface area contributed by atoms with Crippen molar-refractivity contribution in [1.29, 1.82) is 0 Å². The number of H-pyrrole nitrogens is 1. The number of rotatable bonds is 7. The second kappa shape index (κ2) is 17.3. The first kappa shape index (κ1) is 43.3. The number of pyridine rings is 2. The van der Waals surface area contributed by atoms with Crippen molar-refractivity contribution in [2.45, 2.75) is 67.4 Å². The van der Waals surface area contributed by atoms with Crippen LogP contribution in [0.2, 0.25) is 0 Å². The third-order valence-electron chi connectivity index (χ3n) is 10.7. The van der Waals surface area contributed by atoms with Gasteiger partial charge in [-0.15, -0.1) is 0 Å². The van der Waals surface area contributed by atoms with Crippen molar-refractivity contribution >= 4 is 0 Å². The topological polar surface area (TPSA) is 72.3 Å². The van der Waals surface area contributed by atoms with E-state index in [1.165, 1.54) is 29.8 Å². The lowest BCUT2D eigenvalue weighted by Gasteiger charge is -2.15. The van der Waals surface area contributed by atoms with Crippen LogP contribution in [0.3, 0.4) is 0 Å². The highest BCUT2D eigenvalue weighted by atomic mass is 19.4. The van der Waals surface area contributed by atoms with E-state index in [0.717, 1.165) is 97.2 Å². The molecule has 8 aromatic rings. The summed E-state index contributed by atoms with van der Waals surface area (Å²) in [5, 5.41) is 0. The second-order valence-electron chi connectivity index (χ2n) is 15.4. The van der Waals surface area contributed by atoms with Crippen LogP contribution in [0.1, 0.15) is 51.4 Å². The molecule has 0 aliphatic rings. The van der Waals surface area contributed by atoms with Crippen molar-refractivity contribution in [2.75, 3.05) is 0 Å². The first-order chi connectivity index (χ1) is 29.4. The fraction of sp³-hybridized carbons (Fsp3) is 0.200. The van der Waals surface area contributed by atoms with Crippen LogP contribution in [-0.4, -0.2) is 29.5 Å². The Balaban J connectivity index is 0.000000187. The van der Waals surface area contributed by atoms with Crippen LogP contribution >= 0.6 is 0 Å². The number of aromatic nitrogens is 6.